The molecule has 0 heterocycles. The van der Waals surface area contributed by atoms with Crippen LogP contribution in [0.25, 0.3) is 0 Å². The molecule has 0 aliphatic heterocycles. The van der Waals surface area contributed by atoms with E-state index in [1.54, 1.807) is 0 Å². The highest BCUT2D eigenvalue weighted by Gasteiger charge is 2.52. The van der Waals surface area contributed by atoms with Crippen LogP contribution < -0.4 is 0 Å². The number of hydrogen-bond acceptors (Lipinski definition) is 3. The third-order valence-electron chi connectivity index (χ3n) is 8.76. The molecular weight excluding hydrogens is 376 g/mol. The molecule has 2 saturated carbocycles. The van der Waals surface area contributed by atoms with Crippen LogP contribution in [0, 0.1) is 23.2 Å². The van der Waals surface area contributed by atoms with Crippen LogP contribution in [0.15, 0.2) is 12.2 Å². The Hall–Kier alpha value is -0.453. The second-order valence-electron chi connectivity index (χ2n) is 12.1. The molecule has 3 aliphatic rings. The highest BCUT2D eigenvalue weighted by atomic mass is 28.4. The molecule has 3 aliphatic carbocycles. The number of hydrogen-bond donors (Lipinski definition) is 0. The SMILES string of the molecule is C[C@@H](CO[C@H]1C=C[C@](C)(O[Si](C)(C)C(C)(C)C)C1)[C@H]1CCC2C(=O)CCC[C@@]21C. The Labute approximate surface area is 180 Å². The van der Waals surface area contributed by atoms with Crippen molar-refractivity contribution in [2.24, 2.45) is 23.2 Å². The van der Waals surface area contributed by atoms with Crippen molar-refractivity contribution in [2.75, 3.05) is 6.61 Å². The number of carbonyl (C=O) groups excluding carboxylic acids is 1. The molecule has 0 N–H and O–H groups in total. The van der Waals surface area contributed by atoms with Crippen LogP contribution in [0.3, 0.4) is 0 Å². The Morgan fingerprint density at radius 3 is 2.59 bits per heavy atom. The van der Waals surface area contributed by atoms with E-state index in [0.717, 1.165) is 32.3 Å². The molecule has 0 radical (unpaired) electrons. The summed E-state index contributed by atoms with van der Waals surface area (Å²) in [4.78, 5) is 12.4. The zero-order chi connectivity index (χ0) is 21.7. The van der Waals surface area contributed by atoms with Gasteiger partial charge in [-0.05, 0) is 68.0 Å². The first-order valence-corrected chi connectivity index (χ1v) is 14.7. The van der Waals surface area contributed by atoms with Crippen molar-refractivity contribution in [1.29, 1.82) is 0 Å². The van der Waals surface area contributed by atoms with Gasteiger partial charge in [-0.3, -0.25) is 4.79 Å². The summed E-state index contributed by atoms with van der Waals surface area (Å²) < 4.78 is 13.1. The van der Waals surface area contributed by atoms with Crippen molar-refractivity contribution in [3.63, 3.8) is 0 Å². The summed E-state index contributed by atoms with van der Waals surface area (Å²) in [5, 5.41) is 0.212. The predicted octanol–water partition coefficient (Wildman–Crippen LogP) is 6.53. The first-order valence-electron chi connectivity index (χ1n) is 11.8. The van der Waals surface area contributed by atoms with Crippen molar-refractivity contribution in [2.45, 2.75) is 110 Å². The minimum absolute atomic E-state index is 0.144. The topological polar surface area (TPSA) is 35.5 Å². The summed E-state index contributed by atoms with van der Waals surface area (Å²) in [5.41, 5.74) is -0.0132. The molecular formula is C25H44O3Si. The van der Waals surface area contributed by atoms with E-state index < -0.39 is 8.32 Å². The monoisotopic (exact) mass is 420 g/mol. The van der Waals surface area contributed by atoms with Gasteiger partial charge in [-0.2, -0.15) is 0 Å². The highest BCUT2D eigenvalue weighted by Crippen LogP contribution is 2.56. The minimum atomic E-state index is -1.81. The molecule has 29 heavy (non-hydrogen) atoms. The lowest BCUT2D eigenvalue weighted by molar-refractivity contribution is -0.130. The van der Waals surface area contributed by atoms with E-state index in [0.29, 0.717) is 23.5 Å². The molecule has 0 aromatic rings. The Bertz CT molecular complexity index is 649. The number of carbonyl (C=O) groups is 1. The van der Waals surface area contributed by atoms with Crippen LogP contribution in [0.4, 0.5) is 0 Å². The molecule has 0 saturated heterocycles. The number of Topliss-reactive ketones (excluding diaryl/α,β-unsaturated/α-hetero) is 1. The molecule has 3 rings (SSSR count). The molecule has 1 unspecified atom stereocenters. The van der Waals surface area contributed by atoms with Gasteiger partial charge in [0.15, 0.2) is 8.32 Å². The van der Waals surface area contributed by atoms with E-state index in [2.05, 4.69) is 66.8 Å². The van der Waals surface area contributed by atoms with Gasteiger partial charge in [0.2, 0.25) is 0 Å². The third kappa shape index (κ3) is 4.60. The molecule has 166 valence electrons. The normalized spacial score (nSPS) is 39.0. The zero-order valence-corrected chi connectivity index (χ0v) is 21.1. The van der Waals surface area contributed by atoms with Gasteiger partial charge in [0.05, 0.1) is 18.3 Å². The van der Waals surface area contributed by atoms with Crippen molar-refractivity contribution < 1.29 is 14.0 Å². The molecule has 3 nitrogen and oxygen atoms in total. The molecule has 2 fully saturated rings. The fourth-order valence-electron chi connectivity index (χ4n) is 6.07. The number of fused-ring (bicyclic) bond motifs is 1. The standard InChI is InChI=1S/C25H44O3Si/c1-18(20-11-12-21-22(26)10-9-14-25(20,21)6)17-27-19-13-15-24(5,16-19)28-29(7,8)23(2,3)4/h13,15,18-21H,9-12,14,16-17H2,1-8H3/t18-,19-,20+,21?,24-,25+/m0/s1. The first-order chi connectivity index (χ1) is 13.3. The average Bonchev–Trinajstić information content (AvgIpc) is 3.12. The van der Waals surface area contributed by atoms with Gasteiger partial charge in [0.25, 0.3) is 0 Å². The first kappa shape index (κ1) is 23.2. The van der Waals surface area contributed by atoms with Gasteiger partial charge in [0.1, 0.15) is 5.78 Å². The number of ketones is 1. The second-order valence-corrected chi connectivity index (χ2v) is 16.9. The molecule has 0 spiro atoms. The second kappa shape index (κ2) is 7.91. The van der Waals surface area contributed by atoms with E-state index in [-0.39, 0.29) is 22.2 Å². The average molecular weight is 421 g/mol. The van der Waals surface area contributed by atoms with Gasteiger partial charge in [0, 0.05) is 18.8 Å². The number of ether oxygens (including phenoxy) is 1. The molecule has 0 amide bonds. The van der Waals surface area contributed by atoms with E-state index in [1.807, 2.05) is 0 Å². The summed E-state index contributed by atoms with van der Waals surface area (Å²) in [6.07, 6.45) is 10.9. The Balaban J connectivity index is 1.54. The van der Waals surface area contributed by atoms with Crippen LogP contribution in [0.5, 0.6) is 0 Å². The van der Waals surface area contributed by atoms with Crippen molar-refractivity contribution in [3.05, 3.63) is 12.2 Å². The molecule has 6 atom stereocenters. The van der Waals surface area contributed by atoms with E-state index >= 15 is 0 Å². The maximum atomic E-state index is 12.4. The van der Waals surface area contributed by atoms with Gasteiger partial charge in [-0.25, -0.2) is 0 Å². The summed E-state index contributed by atoms with van der Waals surface area (Å²) in [6.45, 7) is 19.2. The smallest absolute Gasteiger partial charge is 0.193 e. The fraction of sp³-hybridized carbons (Fsp3) is 0.880. The zero-order valence-electron chi connectivity index (χ0n) is 20.1. The van der Waals surface area contributed by atoms with Crippen molar-refractivity contribution in [3.8, 4) is 0 Å². The summed E-state index contributed by atoms with van der Waals surface area (Å²) in [6, 6.07) is 0. The van der Waals surface area contributed by atoms with Crippen LogP contribution in [0.2, 0.25) is 18.1 Å². The lowest BCUT2D eigenvalue weighted by atomic mass is 9.62. The van der Waals surface area contributed by atoms with Gasteiger partial charge in [-0.1, -0.05) is 46.8 Å². The maximum Gasteiger partial charge on any atom is 0.193 e. The van der Waals surface area contributed by atoms with Crippen LogP contribution in [-0.2, 0) is 14.0 Å². The van der Waals surface area contributed by atoms with E-state index in [4.69, 9.17) is 9.16 Å². The summed E-state index contributed by atoms with van der Waals surface area (Å²) in [7, 11) is -1.81. The quantitative estimate of drug-likeness (QED) is 0.362. The fourth-order valence-corrected chi connectivity index (χ4v) is 7.69. The Morgan fingerprint density at radius 1 is 1.24 bits per heavy atom. The minimum Gasteiger partial charge on any atom is -0.408 e. The summed E-state index contributed by atoms with van der Waals surface area (Å²) >= 11 is 0. The lowest BCUT2D eigenvalue weighted by Gasteiger charge is -2.43. The molecule has 0 aromatic carbocycles. The predicted molar refractivity (Wildman–Crippen MR) is 123 cm³/mol. The van der Waals surface area contributed by atoms with Crippen LogP contribution in [0.1, 0.15) is 80.1 Å². The maximum absolute atomic E-state index is 12.4. The van der Waals surface area contributed by atoms with Gasteiger partial charge < -0.3 is 9.16 Å². The van der Waals surface area contributed by atoms with E-state index in [9.17, 15) is 4.79 Å². The lowest BCUT2D eigenvalue weighted by Crippen LogP contribution is -2.47. The summed E-state index contributed by atoms with van der Waals surface area (Å²) in [5.74, 6) is 1.93. The van der Waals surface area contributed by atoms with E-state index in [1.165, 1.54) is 12.8 Å². The van der Waals surface area contributed by atoms with Crippen molar-refractivity contribution >= 4 is 14.1 Å². The molecule has 0 aromatic heterocycles. The van der Waals surface area contributed by atoms with Crippen LogP contribution >= 0.6 is 0 Å². The molecule has 4 heteroatoms. The van der Waals surface area contributed by atoms with Crippen LogP contribution in [-0.4, -0.2) is 32.4 Å². The number of rotatable bonds is 6. The van der Waals surface area contributed by atoms with Crippen molar-refractivity contribution in [1.82, 2.24) is 0 Å². The largest absolute Gasteiger partial charge is 0.408 e. The Morgan fingerprint density at radius 2 is 1.93 bits per heavy atom. The Kier molecular flexibility index (Phi) is 6.33. The van der Waals surface area contributed by atoms with Gasteiger partial charge >= 0.3 is 0 Å². The van der Waals surface area contributed by atoms with Gasteiger partial charge in [-0.15, -0.1) is 0 Å². The molecule has 0 bridgehead atoms. The highest BCUT2D eigenvalue weighted by molar-refractivity contribution is 6.74. The third-order valence-corrected chi connectivity index (χ3v) is 13.4.